The normalized spacial score (nSPS) is 16.8. The number of piperidine rings is 1. The highest BCUT2D eigenvalue weighted by Gasteiger charge is 2.22. The van der Waals surface area contributed by atoms with Crippen molar-refractivity contribution in [1.82, 2.24) is 10.3 Å². The van der Waals surface area contributed by atoms with Crippen LogP contribution in [-0.2, 0) is 6.54 Å². The molecule has 2 fully saturated rings. The van der Waals surface area contributed by atoms with Crippen molar-refractivity contribution in [2.45, 2.75) is 38.6 Å². The van der Waals surface area contributed by atoms with Gasteiger partial charge in [0.1, 0.15) is 11.6 Å². The summed E-state index contributed by atoms with van der Waals surface area (Å²) in [6, 6.07) is 11.4. The second kappa shape index (κ2) is 8.42. The van der Waals surface area contributed by atoms with Crippen LogP contribution in [0.3, 0.4) is 0 Å². The van der Waals surface area contributed by atoms with Gasteiger partial charge >= 0.3 is 0 Å². The quantitative estimate of drug-likeness (QED) is 0.811. The molecule has 1 aliphatic heterocycles. The third-order valence-corrected chi connectivity index (χ3v) is 5.26. The number of hydrogen-bond donors (Lipinski definition) is 1. The van der Waals surface area contributed by atoms with Gasteiger partial charge in [-0.05, 0) is 68.4 Å². The third kappa shape index (κ3) is 4.79. The van der Waals surface area contributed by atoms with E-state index >= 15 is 0 Å². The fourth-order valence-electron chi connectivity index (χ4n) is 3.44. The monoisotopic (exact) mass is 365 g/mol. The molecule has 1 N–H and O–H groups in total. The smallest absolute Gasteiger partial charge is 0.251 e. The van der Waals surface area contributed by atoms with Gasteiger partial charge in [0.15, 0.2) is 0 Å². The minimum atomic E-state index is -0.0720. The molecule has 0 unspecified atom stereocenters. The summed E-state index contributed by atoms with van der Waals surface area (Å²) in [5.74, 6) is 2.48. The number of rotatable bonds is 7. The molecule has 27 heavy (non-hydrogen) atoms. The Morgan fingerprint density at radius 2 is 1.89 bits per heavy atom. The first-order valence-corrected chi connectivity index (χ1v) is 9.99. The van der Waals surface area contributed by atoms with Crippen molar-refractivity contribution in [1.29, 1.82) is 0 Å². The largest absolute Gasteiger partial charge is 0.493 e. The van der Waals surface area contributed by atoms with E-state index in [1.807, 2.05) is 42.6 Å². The number of ether oxygens (including phenoxy) is 1. The van der Waals surface area contributed by atoms with E-state index < -0.39 is 0 Å². The number of anilines is 1. The summed E-state index contributed by atoms with van der Waals surface area (Å²) >= 11 is 0. The zero-order chi connectivity index (χ0) is 18.5. The molecule has 1 aromatic carbocycles. The van der Waals surface area contributed by atoms with Crippen LogP contribution in [0.25, 0.3) is 0 Å². The predicted octanol–water partition coefficient (Wildman–Crippen LogP) is 3.79. The standard InChI is InChI=1S/C22H27N3O2/c26-22(18-8-10-20(11-9-18)27-16-17-6-7-17)24-15-19-5-4-12-23-21(19)25-13-2-1-3-14-25/h4-5,8-12,17H,1-3,6-7,13-16H2,(H,24,26). The van der Waals surface area contributed by atoms with Crippen molar-refractivity contribution in [2.75, 3.05) is 24.6 Å². The van der Waals surface area contributed by atoms with Crippen molar-refractivity contribution >= 4 is 11.7 Å². The molecule has 1 aromatic heterocycles. The number of aromatic nitrogens is 1. The molecule has 1 saturated heterocycles. The first-order valence-electron chi connectivity index (χ1n) is 9.99. The summed E-state index contributed by atoms with van der Waals surface area (Å²) < 4.78 is 5.73. The Hall–Kier alpha value is -2.56. The Labute approximate surface area is 160 Å². The lowest BCUT2D eigenvalue weighted by atomic mass is 10.1. The molecule has 1 amide bonds. The first kappa shape index (κ1) is 17.8. The Kier molecular flexibility index (Phi) is 5.56. The molecule has 2 heterocycles. The van der Waals surface area contributed by atoms with E-state index in [9.17, 15) is 4.79 Å². The van der Waals surface area contributed by atoms with Gasteiger partial charge in [-0.15, -0.1) is 0 Å². The van der Waals surface area contributed by atoms with Crippen LogP contribution in [0.1, 0.15) is 48.0 Å². The van der Waals surface area contributed by atoms with E-state index in [0.29, 0.717) is 12.1 Å². The highest BCUT2D eigenvalue weighted by atomic mass is 16.5. The van der Waals surface area contributed by atoms with E-state index in [0.717, 1.165) is 42.7 Å². The van der Waals surface area contributed by atoms with Crippen molar-refractivity contribution < 1.29 is 9.53 Å². The zero-order valence-corrected chi connectivity index (χ0v) is 15.7. The van der Waals surface area contributed by atoms with Gasteiger partial charge in [-0.25, -0.2) is 4.98 Å². The Morgan fingerprint density at radius 1 is 1.11 bits per heavy atom. The molecule has 1 saturated carbocycles. The number of benzene rings is 1. The highest BCUT2D eigenvalue weighted by molar-refractivity contribution is 5.94. The summed E-state index contributed by atoms with van der Waals surface area (Å²) in [4.78, 5) is 19.4. The van der Waals surface area contributed by atoms with Crippen LogP contribution in [0.15, 0.2) is 42.6 Å². The summed E-state index contributed by atoms with van der Waals surface area (Å²) in [7, 11) is 0. The topological polar surface area (TPSA) is 54.5 Å². The molecule has 142 valence electrons. The van der Waals surface area contributed by atoms with Crippen molar-refractivity contribution in [3.05, 3.63) is 53.7 Å². The molecule has 5 heteroatoms. The van der Waals surface area contributed by atoms with Gasteiger partial charge in [0.2, 0.25) is 0 Å². The average molecular weight is 365 g/mol. The molecule has 1 aliphatic carbocycles. The minimum absolute atomic E-state index is 0.0720. The van der Waals surface area contributed by atoms with E-state index in [1.165, 1.54) is 32.1 Å². The Bertz CT molecular complexity index is 765. The van der Waals surface area contributed by atoms with Gasteiger partial charge in [-0.1, -0.05) is 6.07 Å². The van der Waals surface area contributed by atoms with Gasteiger partial charge in [0.05, 0.1) is 6.61 Å². The van der Waals surface area contributed by atoms with Crippen LogP contribution in [0.4, 0.5) is 5.82 Å². The molecule has 4 rings (SSSR count). The fraction of sp³-hybridized carbons (Fsp3) is 0.455. The SMILES string of the molecule is O=C(NCc1cccnc1N1CCCCC1)c1ccc(OCC2CC2)cc1. The van der Waals surface area contributed by atoms with E-state index in [-0.39, 0.29) is 5.91 Å². The van der Waals surface area contributed by atoms with Gasteiger partial charge in [-0.3, -0.25) is 4.79 Å². The molecule has 0 bridgehead atoms. The summed E-state index contributed by atoms with van der Waals surface area (Å²) in [6.07, 6.45) is 8.07. The summed E-state index contributed by atoms with van der Waals surface area (Å²) in [5.41, 5.74) is 1.72. The second-order valence-corrected chi connectivity index (χ2v) is 7.50. The number of nitrogens with one attached hydrogen (secondary N) is 1. The van der Waals surface area contributed by atoms with Gasteiger partial charge in [0, 0.05) is 37.0 Å². The number of hydrogen-bond acceptors (Lipinski definition) is 4. The maximum atomic E-state index is 12.5. The Balaban J connectivity index is 1.34. The van der Waals surface area contributed by atoms with Crippen LogP contribution < -0.4 is 15.0 Å². The summed E-state index contributed by atoms with van der Waals surface area (Å²) in [5, 5.41) is 3.03. The maximum absolute atomic E-state index is 12.5. The summed E-state index contributed by atoms with van der Waals surface area (Å²) in [6.45, 7) is 3.35. The highest BCUT2D eigenvalue weighted by Crippen LogP contribution is 2.29. The average Bonchev–Trinajstić information content (AvgIpc) is 3.56. The minimum Gasteiger partial charge on any atom is -0.493 e. The lowest BCUT2D eigenvalue weighted by Crippen LogP contribution is -2.32. The third-order valence-electron chi connectivity index (χ3n) is 5.26. The van der Waals surface area contributed by atoms with E-state index in [4.69, 9.17) is 4.74 Å². The van der Waals surface area contributed by atoms with Crippen molar-refractivity contribution in [2.24, 2.45) is 5.92 Å². The van der Waals surface area contributed by atoms with Crippen LogP contribution in [-0.4, -0.2) is 30.6 Å². The predicted molar refractivity (Wildman–Crippen MR) is 106 cm³/mol. The van der Waals surface area contributed by atoms with Crippen molar-refractivity contribution in [3.63, 3.8) is 0 Å². The molecule has 2 aliphatic rings. The van der Waals surface area contributed by atoms with Crippen LogP contribution in [0.5, 0.6) is 5.75 Å². The molecule has 5 nitrogen and oxygen atoms in total. The maximum Gasteiger partial charge on any atom is 0.251 e. The van der Waals surface area contributed by atoms with Crippen LogP contribution in [0, 0.1) is 5.92 Å². The molecule has 2 aromatic rings. The van der Waals surface area contributed by atoms with Gasteiger partial charge in [-0.2, -0.15) is 0 Å². The number of amides is 1. The fourth-order valence-corrected chi connectivity index (χ4v) is 3.44. The molecule has 0 radical (unpaired) electrons. The van der Waals surface area contributed by atoms with E-state index in [1.54, 1.807) is 0 Å². The van der Waals surface area contributed by atoms with Gasteiger partial charge < -0.3 is 15.0 Å². The van der Waals surface area contributed by atoms with Gasteiger partial charge in [0.25, 0.3) is 5.91 Å². The lowest BCUT2D eigenvalue weighted by molar-refractivity contribution is 0.0951. The number of carbonyl (C=O) groups is 1. The molecular weight excluding hydrogens is 338 g/mol. The molecule has 0 spiro atoms. The zero-order valence-electron chi connectivity index (χ0n) is 15.7. The first-order chi connectivity index (χ1) is 13.3. The van der Waals surface area contributed by atoms with Crippen molar-refractivity contribution in [3.8, 4) is 5.75 Å². The number of pyridine rings is 1. The molecular formula is C22H27N3O2. The van der Waals surface area contributed by atoms with E-state index in [2.05, 4.69) is 15.2 Å². The molecule has 0 atom stereocenters. The number of carbonyl (C=O) groups excluding carboxylic acids is 1. The second-order valence-electron chi connectivity index (χ2n) is 7.50. The van der Waals surface area contributed by atoms with Crippen LogP contribution in [0.2, 0.25) is 0 Å². The Morgan fingerprint density at radius 3 is 2.63 bits per heavy atom. The lowest BCUT2D eigenvalue weighted by Gasteiger charge is -2.29. The van der Waals surface area contributed by atoms with Crippen LogP contribution >= 0.6 is 0 Å². The number of nitrogens with zero attached hydrogens (tertiary/aromatic N) is 2.